The fraction of sp³-hybridized carbons (Fsp3) is 0.818. The molecule has 0 aromatic rings. The zero-order valence-corrected chi connectivity index (χ0v) is 9.66. The fourth-order valence-corrected chi connectivity index (χ4v) is 1.86. The van der Waals surface area contributed by atoms with Crippen molar-refractivity contribution in [3.63, 3.8) is 0 Å². The number of carbonyl (C=O) groups excluding carboxylic acids is 2. The number of nitrogens with zero attached hydrogens (tertiary/aromatic N) is 1. The number of rotatable bonds is 4. The van der Waals surface area contributed by atoms with Gasteiger partial charge in [-0.2, -0.15) is 0 Å². The molecule has 0 aromatic heterocycles. The zero-order chi connectivity index (χ0) is 11.4. The van der Waals surface area contributed by atoms with Gasteiger partial charge in [0.1, 0.15) is 5.92 Å². The molecule has 0 spiro atoms. The van der Waals surface area contributed by atoms with Crippen LogP contribution < -0.4 is 0 Å². The maximum absolute atomic E-state index is 11.5. The van der Waals surface area contributed by atoms with Gasteiger partial charge in [-0.1, -0.05) is 13.8 Å². The van der Waals surface area contributed by atoms with Crippen molar-refractivity contribution < 1.29 is 14.3 Å². The number of esters is 1. The molecule has 4 heteroatoms. The number of ether oxygens (including phenoxy) is 1. The zero-order valence-electron chi connectivity index (χ0n) is 9.66. The second-order valence-electron chi connectivity index (χ2n) is 4.36. The van der Waals surface area contributed by atoms with Gasteiger partial charge in [-0.15, -0.1) is 0 Å². The second kappa shape index (κ2) is 5.26. The predicted molar refractivity (Wildman–Crippen MR) is 56.4 cm³/mol. The van der Waals surface area contributed by atoms with Crippen LogP contribution in [0.3, 0.4) is 0 Å². The maximum Gasteiger partial charge on any atom is 0.317 e. The molecule has 0 bridgehead atoms. The van der Waals surface area contributed by atoms with Crippen molar-refractivity contribution in [2.24, 2.45) is 11.8 Å². The SMILES string of the molecule is CCOC(=O)C1CN(CC(C)C)CC1=O. The Morgan fingerprint density at radius 2 is 2.27 bits per heavy atom. The summed E-state index contributed by atoms with van der Waals surface area (Å²) in [6.45, 7) is 8.07. The number of carbonyl (C=O) groups is 2. The molecule has 0 radical (unpaired) electrons. The Kier molecular flexibility index (Phi) is 4.27. The Balaban J connectivity index is 2.49. The third-order valence-electron chi connectivity index (χ3n) is 2.40. The molecule has 1 rings (SSSR count). The van der Waals surface area contributed by atoms with Crippen molar-refractivity contribution in [1.29, 1.82) is 0 Å². The van der Waals surface area contributed by atoms with Crippen LogP contribution in [-0.2, 0) is 14.3 Å². The van der Waals surface area contributed by atoms with E-state index in [2.05, 4.69) is 13.8 Å². The average molecular weight is 213 g/mol. The third kappa shape index (κ3) is 3.30. The van der Waals surface area contributed by atoms with E-state index in [0.29, 0.717) is 25.6 Å². The van der Waals surface area contributed by atoms with E-state index >= 15 is 0 Å². The minimum Gasteiger partial charge on any atom is -0.465 e. The van der Waals surface area contributed by atoms with Gasteiger partial charge in [0.05, 0.1) is 13.2 Å². The molecule has 0 aliphatic carbocycles. The highest BCUT2D eigenvalue weighted by Gasteiger charge is 2.36. The maximum atomic E-state index is 11.5. The van der Waals surface area contributed by atoms with Gasteiger partial charge in [0.15, 0.2) is 5.78 Å². The summed E-state index contributed by atoms with van der Waals surface area (Å²) >= 11 is 0. The summed E-state index contributed by atoms with van der Waals surface area (Å²) in [5.41, 5.74) is 0. The molecule has 0 N–H and O–H groups in total. The van der Waals surface area contributed by atoms with Crippen LogP contribution in [0.2, 0.25) is 0 Å². The molecule has 1 aliphatic heterocycles. The van der Waals surface area contributed by atoms with Gasteiger partial charge in [-0.25, -0.2) is 0 Å². The van der Waals surface area contributed by atoms with Crippen LogP contribution in [0.5, 0.6) is 0 Å². The highest BCUT2D eigenvalue weighted by atomic mass is 16.5. The van der Waals surface area contributed by atoms with Crippen LogP contribution in [-0.4, -0.2) is 42.9 Å². The Labute approximate surface area is 90.6 Å². The molecular formula is C11H19NO3. The number of ketones is 1. The van der Waals surface area contributed by atoms with E-state index in [0.717, 1.165) is 6.54 Å². The normalized spacial score (nSPS) is 22.4. The standard InChI is InChI=1S/C11H19NO3/c1-4-15-11(14)9-6-12(5-8(2)3)7-10(9)13/h8-9H,4-7H2,1-3H3. The topological polar surface area (TPSA) is 46.6 Å². The lowest BCUT2D eigenvalue weighted by molar-refractivity contribution is -0.149. The van der Waals surface area contributed by atoms with Crippen LogP contribution in [0.1, 0.15) is 20.8 Å². The molecular weight excluding hydrogens is 194 g/mol. The first-order valence-electron chi connectivity index (χ1n) is 5.46. The molecule has 1 unspecified atom stereocenters. The molecule has 1 heterocycles. The lowest BCUT2D eigenvalue weighted by atomic mass is 10.1. The van der Waals surface area contributed by atoms with Gasteiger partial charge in [0.25, 0.3) is 0 Å². The Morgan fingerprint density at radius 1 is 1.60 bits per heavy atom. The fourth-order valence-electron chi connectivity index (χ4n) is 1.86. The summed E-state index contributed by atoms with van der Waals surface area (Å²) < 4.78 is 4.86. The van der Waals surface area contributed by atoms with Gasteiger partial charge < -0.3 is 4.74 Å². The van der Waals surface area contributed by atoms with E-state index in [9.17, 15) is 9.59 Å². The van der Waals surface area contributed by atoms with Gasteiger partial charge in [0.2, 0.25) is 0 Å². The first kappa shape index (κ1) is 12.2. The monoisotopic (exact) mass is 213 g/mol. The van der Waals surface area contributed by atoms with Crippen molar-refractivity contribution >= 4 is 11.8 Å². The molecule has 1 saturated heterocycles. The van der Waals surface area contributed by atoms with E-state index in [1.165, 1.54) is 0 Å². The Bertz CT molecular complexity index is 250. The van der Waals surface area contributed by atoms with Gasteiger partial charge in [0, 0.05) is 13.1 Å². The van der Waals surface area contributed by atoms with Crippen molar-refractivity contribution in [2.45, 2.75) is 20.8 Å². The molecule has 4 nitrogen and oxygen atoms in total. The summed E-state index contributed by atoms with van der Waals surface area (Å²) in [5, 5.41) is 0. The summed E-state index contributed by atoms with van der Waals surface area (Å²) in [5.74, 6) is -0.412. The van der Waals surface area contributed by atoms with E-state index < -0.39 is 5.92 Å². The third-order valence-corrected chi connectivity index (χ3v) is 2.40. The predicted octanol–water partition coefficient (Wildman–Crippen LogP) is 0.706. The smallest absolute Gasteiger partial charge is 0.317 e. The minimum atomic E-state index is -0.552. The second-order valence-corrected chi connectivity index (χ2v) is 4.36. The van der Waals surface area contributed by atoms with E-state index in [1.807, 2.05) is 4.90 Å². The molecule has 0 saturated carbocycles. The van der Waals surface area contributed by atoms with Crippen LogP contribution in [0.25, 0.3) is 0 Å². The molecule has 1 fully saturated rings. The van der Waals surface area contributed by atoms with Gasteiger partial charge in [-0.3, -0.25) is 14.5 Å². The summed E-state index contributed by atoms with van der Waals surface area (Å²) in [7, 11) is 0. The first-order chi connectivity index (χ1) is 7.04. The van der Waals surface area contributed by atoms with E-state index in [4.69, 9.17) is 4.74 Å². The molecule has 86 valence electrons. The van der Waals surface area contributed by atoms with Gasteiger partial charge >= 0.3 is 5.97 Å². The van der Waals surface area contributed by atoms with Gasteiger partial charge in [-0.05, 0) is 12.8 Å². The Hall–Kier alpha value is -0.900. The quantitative estimate of drug-likeness (QED) is 0.509. The highest BCUT2D eigenvalue weighted by molar-refractivity contribution is 6.01. The van der Waals surface area contributed by atoms with Crippen molar-refractivity contribution in [3.8, 4) is 0 Å². The highest BCUT2D eigenvalue weighted by Crippen LogP contribution is 2.15. The molecule has 15 heavy (non-hydrogen) atoms. The summed E-state index contributed by atoms with van der Waals surface area (Å²) in [6.07, 6.45) is 0. The minimum absolute atomic E-state index is 0.00546. The van der Waals surface area contributed by atoms with Crippen LogP contribution in [0.4, 0.5) is 0 Å². The number of hydrogen-bond acceptors (Lipinski definition) is 4. The largest absolute Gasteiger partial charge is 0.465 e. The van der Waals surface area contributed by atoms with Crippen LogP contribution >= 0.6 is 0 Å². The number of hydrogen-bond donors (Lipinski definition) is 0. The van der Waals surface area contributed by atoms with Crippen LogP contribution in [0.15, 0.2) is 0 Å². The number of likely N-dealkylation sites (tertiary alicyclic amines) is 1. The van der Waals surface area contributed by atoms with Crippen molar-refractivity contribution in [1.82, 2.24) is 4.90 Å². The van der Waals surface area contributed by atoms with Crippen molar-refractivity contribution in [2.75, 3.05) is 26.2 Å². The summed E-state index contributed by atoms with van der Waals surface area (Å²) in [6, 6.07) is 0. The Morgan fingerprint density at radius 3 is 2.80 bits per heavy atom. The van der Waals surface area contributed by atoms with Crippen LogP contribution in [0, 0.1) is 11.8 Å². The first-order valence-corrected chi connectivity index (χ1v) is 5.46. The number of Topliss-reactive ketones (excluding diaryl/α,β-unsaturated/α-hetero) is 1. The van der Waals surface area contributed by atoms with E-state index in [-0.39, 0.29) is 11.8 Å². The lowest BCUT2D eigenvalue weighted by Gasteiger charge is -2.16. The summed E-state index contributed by atoms with van der Waals surface area (Å²) in [4.78, 5) is 25.0. The molecule has 0 aromatic carbocycles. The average Bonchev–Trinajstić information content (AvgIpc) is 2.46. The molecule has 1 aliphatic rings. The molecule has 0 amide bonds. The van der Waals surface area contributed by atoms with E-state index in [1.54, 1.807) is 6.92 Å². The lowest BCUT2D eigenvalue weighted by Crippen LogP contribution is -2.27. The molecule has 1 atom stereocenters. The van der Waals surface area contributed by atoms with Crippen molar-refractivity contribution in [3.05, 3.63) is 0 Å².